The number of aliphatic hydroxyl groups excluding tert-OH is 1. The summed E-state index contributed by atoms with van der Waals surface area (Å²) in [4.78, 5) is 14.3. The van der Waals surface area contributed by atoms with Crippen molar-refractivity contribution in [2.75, 3.05) is 6.61 Å². The van der Waals surface area contributed by atoms with Crippen LogP contribution in [0.3, 0.4) is 0 Å². The van der Waals surface area contributed by atoms with Crippen molar-refractivity contribution in [3.05, 3.63) is 29.6 Å². The zero-order chi connectivity index (χ0) is 8.97. The van der Waals surface area contributed by atoms with E-state index in [2.05, 4.69) is 4.98 Å². The van der Waals surface area contributed by atoms with Crippen LogP contribution >= 0.6 is 0 Å². The summed E-state index contributed by atoms with van der Waals surface area (Å²) in [5.74, 6) is 0. The summed E-state index contributed by atoms with van der Waals surface area (Å²) in [5.41, 5.74) is 6.54. The third kappa shape index (κ3) is 1.87. The van der Waals surface area contributed by atoms with E-state index >= 15 is 0 Å². The average Bonchev–Trinajstić information content (AvgIpc) is 2.17. The van der Waals surface area contributed by atoms with Gasteiger partial charge in [0.2, 0.25) is 0 Å². The maximum atomic E-state index is 10.3. The average molecular weight is 166 g/mol. The highest BCUT2D eigenvalue weighted by atomic mass is 16.3. The maximum Gasteiger partial charge on any atom is 0.150 e. The van der Waals surface area contributed by atoms with E-state index in [1.54, 1.807) is 12.1 Å². The van der Waals surface area contributed by atoms with Crippen molar-refractivity contribution in [1.82, 2.24) is 4.98 Å². The van der Waals surface area contributed by atoms with Gasteiger partial charge in [-0.3, -0.25) is 9.78 Å². The highest BCUT2D eigenvalue weighted by molar-refractivity contribution is 5.74. The van der Waals surface area contributed by atoms with Crippen molar-refractivity contribution in [1.29, 1.82) is 0 Å². The van der Waals surface area contributed by atoms with E-state index in [4.69, 9.17) is 10.8 Å². The lowest BCUT2D eigenvalue weighted by atomic mass is 10.1. The smallest absolute Gasteiger partial charge is 0.150 e. The first-order chi connectivity index (χ1) is 5.77. The Morgan fingerprint density at radius 2 is 2.50 bits per heavy atom. The normalized spacial score (nSPS) is 12.5. The largest absolute Gasteiger partial charge is 0.394 e. The number of hydrogen-bond donors (Lipinski definition) is 2. The molecule has 3 N–H and O–H groups in total. The van der Waals surface area contributed by atoms with Crippen molar-refractivity contribution in [2.45, 2.75) is 6.04 Å². The predicted molar refractivity (Wildman–Crippen MR) is 43.6 cm³/mol. The Balaban J connectivity index is 2.93. The number of pyridine rings is 1. The van der Waals surface area contributed by atoms with Crippen LogP contribution in [-0.4, -0.2) is 23.0 Å². The highest BCUT2D eigenvalue weighted by Gasteiger charge is 2.05. The fourth-order valence-electron chi connectivity index (χ4n) is 0.835. The summed E-state index contributed by atoms with van der Waals surface area (Å²) in [7, 11) is 0. The van der Waals surface area contributed by atoms with E-state index in [1.807, 2.05) is 0 Å². The van der Waals surface area contributed by atoms with E-state index in [-0.39, 0.29) is 6.61 Å². The Labute approximate surface area is 70.0 Å². The molecule has 4 nitrogen and oxygen atoms in total. The standard InChI is InChI=1S/C8H10N2O2/c9-7(5-12)8-3-6(4-11)1-2-10-8/h1-4,7,12H,5,9H2. The number of carbonyl (C=O) groups is 1. The number of aliphatic hydroxyl groups is 1. The Hall–Kier alpha value is -1.26. The van der Waals surface area contributed by atoms with Gasteiger partial charge in [-0.1, -0.05) is 0 Å². The summed E-state index contributed by atoms with van der Waals surface area (Å²) in [6.45, 7) is -0.171. The van der Waals surface area contributed by atoms with Crippen molar-refractivity contribution in [3.63, 3.8) is 0 Å². The van der Waals surface area contributed by atoms with Crippen LogP contribution < -0.4 is 5.73 Å². The van der Waals surface area contributed by atoms with Gasteiger partial charge in [-0.05, 0) is 12.1 Å². The molecule has 0 aliphatic carbocycles. The molecule has 0 saturated heterocycles. The molecular weight excluding hydrogens is 156 g/mol. The maximum absolute atomic E-state index is 10.3. The molecule has 64 valence electrons. The molecule has 0 aliphatic rings. The molecule has 1 unspecified atom stereocenters. The molecule has 1 aromatic rings. The molecule has 4 heteroatoms. The quantitative estimate of drug-likeness (QED) is 0.614. The van der Waals surface area contributed by atoms with E-state index in [0.29, 0.717) is 11.3 Å². The zero-order valence-corrected chi connectivity index (χ0v) is 6.47. The predicted octanol–water partition coefficient (Wildman–Crippen LogP) is -0.114. The van der Waals surface area contributed by atoms with Gasteiger partial charge in [0.05, 0.1) is 18.3 Å². The summed E-state index contributed by atoms with van der Waals surface area (Å²) in [6.07, 6.45) is 2.21. The number of aromatic nitrogens is 1. The van der Waals surface area contributed by atoms with Crippen molar-refractivity contribution in [2.24, 2.45) is 5.73 Å². The van der Waals surface area contributed by atoms with Gasteiger partial charge in [0.25, 0.3) is 0 Å². The second-order valence-electron chi connectivity index (χ2n) is 2.42. The topological polar surface area (TPSA) is 76.2 Å². The molecule has 0 amide bonds. The van der Waals surface area contributed by atoms with Gasteiger partial charge in [0.15, 0.2) is 0 Å². The fourth-order valence-corrected chi connectivity index (χ4v) is 0.835. The van der Waals surface area contributed by atoms with Crippen LogP contribution in [0.25, 0.3) is 0 Å². The minimum absolute atomic E-state index is 0.171. The monoisotopic (exact) mass is 166 g/mol. The summed E-state index contributed by atoms with van der Waals surface area (Å²) in [6, 6.07) is 2.64. The highest BCUT2D eigenvalue weighted by Crippen LogP contribution is 2.06. The zero-order valence-electron chi connectivity index (χ0n) is 6.47. The second kappa shape index (κ2) is 3.94. The molecule has 0 bridgehead atoms. The van der Waals surface area contributed by atoms with Gasteiger partial charge in [-0.15, -0.1) is 0 Å². The van der Waals surface area contributed by atoms with Gasteiger partial charge >= 0.3 is 0 Å². The molecule has 0 fully saturated rings. The molecule has 1 rings (SSSR count). The van der Waals surface area contributed by atoms with Crippen LogP contribution in [0.1, 0.15) is 22.1 Å². The number of rotatable bonds is 3. The molecule has 1 aromatic heterocycles. The third-order valence-corrected chi connectivity index (χ3v) is 1.52. The second-order valence-corrected chi connectivity index (χ2v) is 2.42. The van der Waals surface area contributed by atoms with Gasteiger partial charge < -0.3 is 10.8 Å². The molecule has 1 atom stereocenters. The molecule has 12 heavy (non-hydrogen) atoms. The minimum atomic E-state index is -0.509. The first-order valence-electron chi connectivity index (χ1n) is 3.55. The Kier molecular flexibility index (Phi) is 2.90. The van der Waals surface area contributed by atoms with E-state index in [0.717, 1.165) is 6.29 Å². The summed E-state index contributed by atoms with van der Waals surface area (Å²) in [5, 5.41) is 8.70. The van der Waals surface area contributed by atoms with Crippen LogP contribution in [0.2, 0.25) is 0 Å². The molecular formula is C8H10N2O2. The molecule has 0 radical (unpaired) electrons. The third-order valence-electron chi connectivity index (χ3n) is 1.52. The lowest BCUT2D eigenvalue weighted by Gasteiger charge is -2.06. The number of hydrogen-bond acceptors (Lipinski definition) is 4. The first-order valence-corrected chi connectivity index (χ1v) is 3.55. The molecule has 0 aliphatic heterocycles. The van der Waals surface area contributed by atoms with Crippen molar-refractivity contribution in [3.8, 4) is 0 Å². The van der Waals surface area contributed by atoms with E-state index in [9.17, 15) is 4.79 Å². The number of nitrogens with two attached hydrogens (primary N) is 1. The van der Waals surface area contributed by atoms with Crippen LogP contribution in [0.15, 0.2) is 18.3 Å². The van der Waals surface area contributed by atoms with Crippen LogP contribution in [-0.2, 0) is 0 Å². The Morgan fingerprint density at radius 3 is 3.08 bits per heavy atom. The number of carbonyl (C=O) groups excluding carboxylic acids is 1. The number of aldehydes is 1. The summed E-state index contributed by atoms with van der Waals surface area (Å²) < 4.78 is 0. The van der Waals surface area contributed by atoms with Gasteiger partial charge in [0.1, 0.15) is 6.29 Å². The fraction of sp³-hybridized carbons (Fsp3) is 0.250. The molecule has 0 spiro atoms. The van der Waals surface area contributed by atoms with Crippen molar-refractivity contribution >= 4 is 6.29 Å². The molecule has 1 heterocycles. The Bertz CT molecular complexity index is 276. The summed E-state index contributed by atoms with van der Waals surface area (Å²) >= 11 is 0. The lowest BCUT2D eigenvalue weighted by Crippen LogP contribution is -2.16. The van der Waals surface area contributed by atoms with Gasteiger partial charge in [-0.25, -0.2) is 0 Å². The Morgan fingerprint density at radius 1 is 1.75 bits per heavy atom. The van der Waals surface area contributed by atoms with Crippen molar-refractivity contribution < 1.29 is 9.90 Å². The van der Waals surface area contributed by atoms with E-state index in [1.165, 1.54) is 6.20 Å². The van der Waals surface area contributed by atoms with Gasteiger partial charge in [0, 0.05) is 11.8 Å². The lowest BCUT2D eigenvalue weighted by molar-refractivity contribution is 0.112. The molecule has 0 saturated carbocycles. The molecule has 0 aromatic carbocycles. The van der Waals surface area contributed by atoms with Crippen LogP contribution in [0, 0.1) is 0 Å². The number of nitrogens with zero attached hydrogens (tertiary/aromatic N) is 1. The SMILES string of the molecule is NC(CO)c1cc(C=O)ccn1. The van der Waals surface area contributed by atoms with Crippen LogP contribution in [0.5, 0.6) is 0 Å². The first kappa shape index (κ1) is 8.83. The van der Waals surface area contributed by atoms with Crippen LogP contribution in [0.4, 0.5) is 0 Å². The van der Waals surface area contributed by atoms with Gasteiger partial charge in [-0.2, -0.15) is 0 Å². The van der Waals surface area contributed by atoms with E-state index < -0.39 is 6.04 Å². The minimum Gasteiger partial charge on any atom is -0.394 e.